The fourth-order valence-corrected chi connectivity index (χ4v) is 4.36. The first-order chi connectivity index (χ1) is 11.3. The Hall–Kier alpha value is -2.30. The molecule has 2 fully saturated rings. The first kappa shape index (κ1) is 16.6. The van der Waals surface area contributed by atoms with Crippen molar-refractivity contribution in [1.29, 1.82) is 0 Å². The van der Waals surface area contributed by atoms with Crippen LogP contribution in [0.4, 0.5) is 4.79 Å². The maximum absolute atomic E-state index is 13.1. The van der Waals surface area contributed by atoms with E-state index in [2.05, 4.69) is 31.6 Å². The highest BCUT2D eigenvalue weighted by molar-refractivity contribution is 6.05. The predicted octanol–water partition coefficient (Wildman–Crippen LogP) is 2.68. The Bertz CT molecular complexity index is 709. The molecule has 2 aliphatic carbocycles. The molecule has 2 amide bonds. The van der Waals surface area contributed by atoms with Crippen LogP contribution < -0.4 is 16.6 Å². The molecular weight excluding hydrogens is 302 g/mol. The number of fused-ring (bicyclic) bond motifs is 2. The number of ketones is 1. The van der Waals surface area contributed by atoms with Gasteiger partial charge in [0.2, 0.25) is 0 Å². The molecule has 2 aliphatic rings. The van der Waals surface area contributed by atoms with Crippen molar-refractivity contribution in [2.24, 2.45) is 22.5 Å². The molecule has 1 aromatic rings. The lowest BCUT2D eigenvalue weighted by atomic mass is 9.70. The summed E-state index contributed by atoms with van der Waals surface area (Å²) in [5, 5.41) is 0. The molecule has 0 aliphatic heterocycles. The average Bonchev–Trinajstić information content (AvgIpc) is 2.85. The van der Waals surface area contributed by atoms with Crippen molar-refractivity contribution in [1.82, 2.24) is 10.9 Å². The van der Waals surface area contributed by atoms with E-state index in [1.165, 1.54) is 0 Å². The average molecular weight is 327 g/mol. The molecule has 2 saturated carbocycles. The summed E-state index contributed by atoms with van der Waals surface area (Å²) in [5.74, 6) is 0.407. The van der Waals surface area contributed by atoms with Crippen LogP contribution in [0.3, 0.4) is 0 Å². The Balaban J connectivity index is 2.02. The molecule has 5 nitrogen and oxygen atoms in total. The number of nitrogens with two attached hydrogens (primary N) is 1. The van der Waals surface area contributed by atoms with Gasteiger partial charge in [-0.2, -0.15) is 0 Å². The zero-order chi connectivity index (χ0) is 17.5. The van der Waals surface area contributed by atoms with Crippen LogP contribution >= 0.6 is 0 Å². The zero-order valence-corrected chi connectivity index (χ0v) is 14.5. The topological polar surface area (TPSA) is 84.2 Å². The molecule has 4 N–H and O–H groups in total. The van der Waals surface area contributed by atoms with Gasteiger partial charge in [-0.25, -0.2) is 4.79 Å². The number of allylic oxidation sites excluding steroid dienone is 2. The molecule has 128 valence electrons. The van der Waals surface area contributed by atoms with Gasteiger partial charge >= 0.3 is 6.03 Å². The predicted molar refractivity (Wildman–Crippen MR) is 92.6 cm³/mol. The second-order valence-corrected chi connectivity index (χ2v) is 7.64. The zero-order valence-electron chi connectivity index (χ0n) is 14.5. The molecule has 3 rings (SSSR count). The van der Waals surface area contributed by atoms with Crippen molar-refractivity contribution in [3.8, 4) is 0 Å². The molecule has 0 aromatic heterocycles. The van der Waals surface area contributed by atoms with Gasteiger partial charge in [0.25, 0.3) is 0 Å². The van der Waals surface area contributed by atoms with E-state index in [4.69, 9.17) is 5.73 Å². The van der Waals surface area contributed by atoms with Gasteiger partial charge < -0.3 is 11.2 Å². The minimum absolute atomic E-state index is 0.0737. The summed E-state index contributed by atoms with van der Waals surface area (Å²) >= 11 is 0. The van der Waals surface area contributed by atoms with Crippen molar-refractivity contribution in [3.05, 3.63) is 47.2 Å². The summed E-state index contributed by atoms with van der Waals surface area (Å²) in [6, 6.07) is 9.24. The van der Waals surface area contributed by atoms with Gasteiger partial charge in [-0.1, -0.05) is 51.1 Å². The standard InChI is InChI=1S/C19H25N3O2/c1-18(2)13-9-10-19(18,3)16(23)15(13)14(21-22-17(20)24)11-12-7-5-4-6-8-12/h4-8,13,21H,9-11H2,1-3H3,(H3,20,22,24). The number of benzene rings is 1. The molecule has 24 heavy (non-hydrogen) atoms. The van der Waals surface area contributed by atoms with Gasteiger partial charge in [-0.3, -0.25) is 10.2 Å². The summed E-state index contributed by atoms with van der Waals surface area (Å²) in [4.78, 5) is 24.3. The van der Waals surface area contributed by atoms with Crippen molar-refractivity contribution < 1.29 is 9.59 Å². The van der Waals surface area contributed by atoms with Crippen LogP contribution in [0.5, 0.6) is 0 Å². The Morgan fingerprint density at radius 2 is 1.88 bits per heavy atom. The minimum atomic E-state index is -0.665. The maximum Gasteiger partial charge on any atom is 0.330 e. The highest BCUT2D eigenvalue weighted by Gasteiger charge is 2.64. The number of nitrogens with one attached hydrogen (secondary N) is 2. The largest absolute Gasteiger partial charge is 0.350 e. The van der Waals surface area contributed by atoms with E-state index >= 15 is 0 Å². The summed E-state index contributed by atoms with van der Waals surface area (Å²) < 4.78 is 0. The van der Waals surface area contributed by atoms with Gasteiger partial charge in [0.1, 0.15) is 0 Å². The molecule has 0 saturated heterocycles. The Kier molecular flexibility index (Phi) is 3.90. The number of amides is 2. The van der Waals surface area contributed by atoms with Gasteiger partial charge in [0.05, 0.1) is 0 Å². The van der Waals surface area contributed by atoms with Crippen molar-refractivity contribution in [3.63, 3.8) is 0 Å². The molecular formula is C19H25N3O2. The minimum Gasteiger partial charge on any atom is -0.350 e. The Labute approximate surface area is 142 Å². The highest BCUT2D eigenvalue weighted by atomic mass is 16.2. The van der Waals surface area contributed by atoms with Crippen LogP contribution in [0.1, 0.15) is 39.2 Å². The van der Waals surface area contributed by atoms with Crippen molar-refractivity contribution >= 4 is 11.8 Å². The van der Waals surface area contributed by atoms with E-state index < -0.39 is 6.03 Å². The number of rotatable bonds is 4. The van der Waals surface area contributed by atoms with Crippen LogP contribution in [-0.4, -0.2) is 11.8 Å². The van der Waals surface area contributed by atoms with Crippen molar-refractivity contribution in [2.75, 3.05) is 0 Å². The van der Waals surface area contributed by atoms with Gasteiger partial charge in [-0.15, -0.1) is 0 Å². The van der Waals surface area contributed by atoms with E-state index in [1.54, 1.807) is 0 Å². The molecule has 0 heterocycles. The fourth-order valence-electron chi connectivity index (χ4n) is 4.36. The second kappa shape index (κ2) is 5.65. The number of carbonyl (C=O) groups excluding carboxylic acids is 2. The number of primary amides is 1. The number of carbonyl (C=O) groups is 2. The van der Waals surface area contributed by atoms with E-state index in [0.29, 0.717) is 6.42 Å². The summed E-state index contributed by atoms with van der Waals surface area (Å²) in [5.41, 5.74) is 12.8. The lowest BCUT2D eigenvalue weighted by Crippen LogP contribution is -2.42. The molecule has 2 bridgehead atoms. The van der Waals surface area contributed by atoms with Crippen LogP contribution in [-0.2, 0) is 11.2 Å². The van der Waals surface area contributed by atoms with Gasteiger partial charge in [0.15, 0.2) is 5.78 Å². The molecule has 0 spiro atoms. The maximum atomic E-state index is 13.1. The van der Waals surface area contributed by atoms with Crippen LogP contribution in [0.15, 0.2) is 41.6 Å². The number of hydrogen-bond acceptors (Lipinski definition) is 3. The molecule has 2 atom stereocenters. The number of urea groups is 1. The number of Topliss-reactive ketones (excluding diaryl/α,β-unsaturated/α-hetero) is 1. The summed E-state index contributed by atoms with van der Waals surface area (Å²) in [7, 11) is 0. The van der Waals surface area contributed by atoms with Crippen LogP contribution in [0, 0.1) is 16.7 Å². The molecule has 0 radical (unpaired) electrons. The van der Waals surface area contributed by atoms with Crippen LogP contribution in [0.25, 0.3) is 0 Å². The molecule has 1 aromatic carbocycles. The lowest BCUT2D eigenvalue weighted by molar-refractivity contribution is -0.125. The number of hydrogen-bond donors (Lipinski definition) is 3. The third-order valence-corrected chi connectivity index (χ3v) is 6.21. The van der Waals surface area contributed by atoms with E-state index in [1.807, 2.05) is 30.3 Å². The first-order valence-corrected chi connectivity index (χ1v) is 8.40. The van der Waals surface area contributed by atoms with Crippen LogP contribution in [0.2, 0.25) is 0 Å². The molecule has 5 heteroatoms. The lowest BCUT2D eigenvalue weighted by Gasteiger charge is -2.31. The Morgan fingerprint density at radius 3 is 2.42 bits per heavy atom. The molecule has 2 unspecified atom stereocenters. The quantitative estimate of drug-likeness (QED) is 0.587. The fraction of sp³-hybridized carbons (Fsp3) is 0.474. The Morgan fingerprint density at radius 1 is 1.21 bits per heavy atom. The first-order valence-electron chi connectivity index (χ1n) is 8.40. The third kappa shape index (κ3) is 2.39. The summed E-state index contributed by atoms with van der Waals surface area (Å²) in [6.07, 6.45) is 2.49. The van der Waals surface area contributed by atoms with Crippen molar-refractivity contribution in [2.45, 2.75) is 40.0 Å². The second-order valence-electron chi connectivity index (χ2n) is 7.64. The number of hydrazine groups is 1. The monoisotopic (exact) mass is 327 g/mol. The third-order valence-electron chi connectivity index (χ3n) is 6.21. The van der Waals surface area contributed by atoms with E-state index in [9.17, 15) is 9.59 Å². The highest BCUT2D eigenvalue weighted by Crippen LogP contribution is 2.66. The summed E-state index contributed by atoms with van der Waals surface area (Å²) in [6.45, 7) is 6.43. The SMILES string of the molecule is CC12CCC(C(=C(Cc3ccccc3)NNC(N)=O)C1=O)C2(C)C. The normalized spacial score (nSPS) is 29.5. The van der Waals surface area contributed by atoms with E-state index in [0.717, 1.165) is 29.7 Å². The van der Waals surface area contributed by atoms with Gasteiger partial charge in [0, 0.05) is 23.1 Å². The smallest absolute Gasteiger partial charge is 0.330 e. The van der Waals surface area contributed by atoms with E-state index in [-0.39, 0.29) is 22.5 Å². The van der Waals surface area contributed by atoms with Gasteiger partial charge in [-0.05, 0) is 29.7 Å².